The number of rotatable bonds is 6. The molecule has 0 saturated heterocycles. The van der Waals surface area contributed by atoms with Crippen molar-refractivity contribution in [3.05, 3.63) is 58.1 Å². The molecule has 0 aliphatic carbocycles. The van der Waals surface area contributed by atoms with Gasteiger partial charge in [-0.25, -0.2) is 0 Å². The van der Waals surface area contributed by atoms with Crippen molar-refractivity contribution in [3.63, 3.8) is 0 Å². The van der Waals surface area contributed by atoms with Crippen molar-refractivity contribution in [1.82, 2.24) is 5.54 Å². The minimum absolute atomic E-state index is 0.0661. The lowest BCUT2D eigenvalue weighted by molar-refractivity contribution is -0.385. The molecular weight excluding hydrogens is 307 g/mol. The number of nitrogens with one attached hydrogen (secondary N) is 1. The average molecular weight is 320 g/mol. The molecule has 0 heterocycles. The summed E-state index contributed by atoms with van der Waals surface area (Å²) in [5.41, 5.74) is 1.10. The highest BCUT2D eigenvalue weighted by Gasteiger charge is 2.18. The molecular formula is C15H13FN2O5. The number of nitro benzene ring substituents is 1. The second kappa shape index (κ2) is 7.21. The molecule has 0 aliphatic rings. The number of amides is 1. The number of halogens is 1. The van der Waals surface area contributed by atoms with Crippen LogP contribution < -0.4 is 15.0 Å². The molecule has 1 amide bonds. The molecule has 0 aliphatic heterocycles. The van der Waals surface area contributed by atoms with E-state index >= 15 is 0 Å². The lowest BCUT2D eigenvalue weighted by atomic mass is 10.1. The molecule has 0 saturated carbocycles. The Morgan fingerprint density at radius 3 is 2.52 bits per heavy atom. The predicted molar refractivity (Wildman–Crippen MR) is 79.1 cm³/mol. The molecule has 23 heavy (non-hydrogen) atoms. The van der Waals surface area contributed by atoms with Crippen LogP contribution in [-0.2, 0) is 11.2 Å². The zero-order chi connectivity index (χ0) is 16.8. The molecule has 8 heteroatoms. The summed E-state index contributed by atoms with van der Waals surface area (Å²) in [6, 6.07) is 10.5. The van der Waals surface area contributed by atoms with E-state index in [9.17, 15) is 19.4 Å². The van der Waals surface area contributed by atoms with Gasteiger partial charge in [-0.15, -0.1) is 4.48 Å². The molecule has 0 fully saturated rings. The Morgan fingerprint density at radius 1 is 1.22 bits per heavy atom. The number of methoxy groups -OCH3 is 1. The number of para-hydroxylation sites is 2. The van der Waals surface area contributed by atoms with Crippen LogP contribution in [0.4, 0.5) is 10.2 Å². The Morgan fingerprint density at radius 2 is 1.91 bits per heavy atom. The minimum Gasteiger partial charge on any atom is -0.493 e. The molecule has 7 nitrogen and oxygen atoms in total. The molecule has 0 atom stereocenters. The van der Waals surface area contributed by atoms with Crippen molar-refractivity contribution < 1.29 is 23.7 Å². The van der Waals surface area contributed by atoms with Gasteiger partial charge in [0.25, 0.3) is 5.91 Å². The Bertz CT molecular complexity index is 736. The van der Waals surface area contributed by atoms with Gasteiger partial charge in [0.15, 0.2) is 11.5 Å². The summed E-state index contributed by atoms with van der Waals surface area (Å²) in [4.78, 5) is 21.6. The first-order chi connectivity index (χ1) is 11.0. The molecule has 0 radical (unpaired) electrons. The van der Waals surface area contributed by atoms with E-state index in [4.69, 9.17) is 9.47 Å². The van der Waals surface area contributed by atoms with Crippen LogP contribution in [0.2, 0.25) is 0 Å². The Kier molecular flexibility index (Phi) is 5.08. The molecule has 0 unspecified atom stereocenters. The number of ether oxygens (including phenoxy) is 2. The van der Waals surface area contributed by atoms with Crippen molar-refractivity contribution in [3.8, 4) is 17.2 Å². The van der Waals surface area contributed by atoms with Gasteiger partial charge in [-0.2, -0.15) is 5.54 Å². The monoisotopic (exact) mass is 320 g/mol. The number of nitro groups is 1. The largest absolute Gasteiger partial charge is 0.493 e. The SMILES string of the molecule is COc1ccccc1Oc1cc(CC(=O)NF)ccc1[N+](=O)[O-]. The summed E-state index contributed by atoms with van der Waals surface area (Å²) in [5.74, 6) is -0.246. The summed E-state index contributed by atoms with van der Waals surface area (Å²) in [5, 5.41) is 11.1. The Hall–Kier alpha value is -3.16. The van der Waals surface area contributed by atoms with Crippen LogP contribution in [0.5, 0.6) is 17.2 Å². The van der Waals surface area contributed by atoms with Gasteiger partial charge in [-0.1, -0.05) is 18.2 Å². The maximum Gasteiger partial charge on any atom is 0.311 e. The Balaban J connectivity index is 2.39. The average Bonchev–Trinajstić information content (AvgIpc) is 2.55. The minimum atomic E-state index is -0.859. The van der Waals surface area contributed by atoms with E-state index in [0.717, 1.165) is 5.54 Å². The maximum absolute atomic E-state index is 12.1. The van der Waals surface area contributed by atoms with Gasteiger partial charge in [-0.3, -0.25) is 14.9 Å². The Labute approximate surface area is 130 Å². The number of nitrogens with zero attached hydrogens (tertiary/aromatic N) is 1. The number of hydrogen-bond acceptors (Lipinski definition) is 5. The number of carbonyl (C=O) groups is 1. The molecule has 0 bridgehead atoms. The summed E-state index contributed by atoms with van der Waals surface area (Å²) in [6.45, 7) is 0. The first-order valence-corrected chi connectivity index (χ1v) is 6.52. The summed E-state index contributed by atoms with van der Waals surface area (Å²) < 4.78 is 22.7. The smallest absolute Gasteiger partial charge is 0.311 e. The first kappa shape index (κ1) is 16.2. The number of carbonyl (C=O) groups excluding carboxylic acids is 1. The molecule has 0 spiro atoms. The molecule has 1 N–H and O–H groups in total. The van der Waals surface area contributed by atoms with Gasteiger partial charge in [0.2, 0.25) is 5.75 Å². The van der Waals surface area contributed by atoms with Gasteiger partial charge in [0.05, 0.1) is 18.5 Å². The maximum atomic E-state index is 12.1. The fourth-order valence-electron chi connectivity index (χ4n) is 1.94. The third kappa shape index (κ3) is 3.94. The zero-order valence-electron chi connectivity index (χ0n) is 12.1. The van der Waals surface area contributed by atoms with Gasteiger partial charge in [0.1, 0.15) is 0 Å². The van der Waals surface area contributed by atoms with Crippen molar-refractivity contribution in [2.24, 2.45) is 0 Å². The second-order valence-electron chi connectivity index (χ2n) is 4.51. The molecule has 120 valence electrons. The third-order valence-corrected chi connectivity index (χ3v) is 2.98. The van der Waals surface area contributed by atoms with Crippen molar-refractivity contribution in [1.29, 1.82) is 0 Å². The van der Waals surface area contributed by atoms with E-state index < -0.39 is 10.8 Å². The van der Waals surface area contributed by atoms with Crippen molar-refractivity contribution >= 4 is 11.6 Å². The highest BCUT2D eigenvalue weighted by Crippen LogP contribution is 2.36. The lowest BCUT2D eigenvalue weighted by Gasteiger charge is -2.11. The van der Waals surface area contributed by atoms with Crippen molar-refractivity contribution in [2.45, 2.75) is 6.42 Å². The third-order valence-electron chi connectivity index (χ3n) is 2.98. The van der Waals surface area contributed by atoms with E-state index in [1.807, 2.05) is 0 Å². The highest BCUT2D eigenvalue weighted by molar-refractivity contribution is 5.77. The first-order valence-electron chi connectivity index (χ1n) is 6.52. The fourth-order valence-corrected chi connectivity index (χ4v) is 1.94. The molecule has 2 aromatic rings. The van der Waals surface area contributed by atoms with E-state index in [1.165, 1.54) is 25.3 Å². The lowest BCUT2D eigenvalue weighted by Crippen LogP contribution is -2.16. The predicted octanol–water partition coefficient (Wildman–Crippen LogP) is 2.94. The highest BCUT2D eigenvalue weighted by atomic mass is 19.2. The quantitative estimate of drug-likeness (QED) is 0.502. The van der Waals surface area contributed by atoms with Gasteiger partial charge >= 0.3 is 5.69 Å². The fraction of sp³-hybridized carbons (Fsp3) is 0.133. The normalized spacial score (nSPS) is 10.0. The molecule has 2 rings (SSSR count). The molecule has 0 aromatic heterocycles. The van der Waals surface area contributed by atoms with E-state index in [0.29, 0.717) is 11.3 Å². The topological polar surface area (TPSA) is 90.7 Å². The van der Waals surface area contributed by atoms with Crippen molar-refractivity contribution in [2.75, 3.05) is 7.11 Å². The summed E-state index contributed by atoms with van der Waals surface area (Å²) >= 11 is 0. The van der Waals surface area contributed by atoms with Crippen LogP contribution in [0.3, 0.4) is 0 Å². The van der Waals surface area contributed by atoms with E-state index in [-0.39, 0.29) is 23.6 Å². The standard InChI is InChI=1S/C15H13FN2O5/c1-22-12-4-2-3-5-13(12)23-14-8-10(9-15(19)17-16)6-7-11(14)18(20)21/h2-8H,9H2,1H3,(H,17,19). The van der Waals surface area contributed by atoms with Gasteiger partial charge in [0, 0.05) is 6.07 Å². The summed E-state index contributed by atoms with van der Waals surface area (Å²) in [6.07, 6.45) is -0.267. The van der Waals surface area contributed by atoms with Crippen LogP contribution in [0.25, 0.3) is 0 Å². The summed E-state index contributed by atoms with van der Waals surface area (Å²) in [7, 11) is 1.44. The van der Waals surface area contributed by atoms with Gasteiger partial charge in [-0.05, 0) is 23.8 Å². The molecule has 2 aromatic carbocycles. The van der Waals surface area contributed by atoms with Crippen LogP contribution >= 0.6 is 0 Å². The van der Waals surface area contributed by atoms with Crippen LogP contribution in [0.15, 0.2) is 42.5 Å². The van der Waals surface area contributed by atoms with Crippen LogP contribution in [0, 0.1) is 10.1 Å². The van der Waals surface area contributed by atoms with E-state index in [2.05, 4.69) is 0 Å². The van der Waals surface area contributed by atoms with Gasteiger partial charge < -0.3 is 9.47 Å². The second-order valence-corrected chi connectivity index (χ2v) is 4.51. The number of benzene rings is 2. The zero-order valence-corrected chi connectivity index (χ0v) is 12.1. The van der Waals surface area contributed by atoms with Crippen LogP contribution in [-0.4, -0.2) is 17.9 Å². The number of hydrogen-bond donors (Lipinski definition) is 1. The van der Waals surface area contributed by atoms with Crippen LogP contribution in [0.1, 0.15) is 5.56 Å². The van der Waals surface area contributed by atoms with E-state index in [1.54, 1.807) is 24.3 Å².